The van der Waals surface area contributed by atoms with Gasteiger partial charge in [0, 0.05) is 36.4 Å². The van der Waals surface area contributed by atoms with Crippen molar-refractivity contribution in [3.05, 3.63) is 95.6 Å². The fourth-order valence-corrected chi connectivity index (χ4v) is 11.1. The van der Waals surface area contributed by atoms with Crippen LogP contribution in [0.15, 0.2) is 84.0 Å². The van der Waals surface area contributed by atoms with Gasteiger partial charge in [-0.25, -0.2) is 5.01 Å². The van der Waals surface area contributed by atoms with Crippen molar-refractivity contribution in [2.24, 2.45) is 11.0 Å². The van der Waals surface area contributed by atoms with Crippen molar-refractivity contribution in [2.45, 2.75) is 82.0 Å². The fraction of sp³-hybridized carbons (Fsp3) is 0.421. The molecule has 3 aromatic carbocycles. The number of likely N-dealkylation sites (tertiary alicyclic amines) is 1. The molecule has 1 N–H and O–H groups in total. The molecule has 2 saturated heterocycles. The molecule has 3 amide bonds. The fourth-order valence-electron chi connectivity index (χ4n) is 8.56. The summed E-state index contributed by atoms with van der Waals surface area (Å²) in [7, 11) is -3.45. The van der Waals surface area contributed by atoms with Gasteiger partial charge >= 0.3 is 0 Å². The van der Waals surface area contributed by atoms with Crippen LogP contribution in [0.5, 0.6) is 0 Å². The highest BCUT2D eigenvalue weighted by atomic mass is 28.4. The van der Waals surface area contributed by atoms with Crippen molar-refractivity contribution in [2.75, 3.05) is 23.1 Å². The van der Waals surface area contributed by atoms with Gasteiger partial charge in [-0.15, -0.1) is 0 Å². The maximum atomic E-state index is 16.3. The zero-order valence-corrected chi connectivity index (χ0v) is 29.2. The summed E-state index contributed by atoms with van der Waals surface area (Å²) < 4.78 is 23.0. The predicted octanol–water partition coefficient (Wildman–Crippen LogP) is 5.91. The number of halogens is 1. The third kappa shape index (κ3) is 5.81. The van der Waals surface area contributed by atoms with E-state index in [0.717, 1.165) is 29.7 Å². The Labute approximate surface area is 287 Å². The summed E-state index contributed by atoms with van der Waals surface area (Å²) in [5, 5.41) is 16.0. The summed E-state index contributed by atoms with van der Waals surface area (Å²) in [6.07, 6.45) is 1.62. The lowest BCUT2D eigenvalue weighted by Gasteiger charge is -2.31. The van der Waals surface area contributed by atoms with Crippen molar-refractivity contribution in [1.82, 2.24) is 4.90 Å². The lowest BCUT2D eigenvalue weighted by atomic mass is 9.82. The predicted molar refractivity (Wildman–Crippen MR) is 188 cm³/mol. The molecule has 11 heteroatoms. The van der Waals surface area contributed by atoms with Crippen molar-refractivity contribution < 1.29 is 28.3 Å². The molecule has 3 aromatic rings. The Morgan fingerprint density at radius 1 is 1.04 bits per heavy atom. The second-order valence-corrected chi connectivity index (χ2v) is 18.0. The summed E-state index contributed by atoms with van der Waals surface area (Å²) in [6, 6.07) is 24.5. The molecule has 49 heavy (non-hydrogen) atoms. The monoisotopic (exact) mass is 682 g/mol. The minimum absolute atomic E-state index is 0.0412. The molecule has 0 radical (unpaired) electrons. The second-order valence-electron chi connectivity index (χ2n) is 14.2. The topological polar surface area (TPSA) is 103 Å². The van der Waals surface area contributed by atoms with Crippen LogP contribution in [0.3, 0.4) is 0 Å². The molecule has 7 rings (SSSR count). The van der Waals surface area contributed by atoms with Crippen molar-refractivity contribution in [3.63, 3.8) is 0 Å². The highest BCUT2D eigenvalue weighted by Gasteiger charge is 2.67. The molecule has 4 heterocycles. The number of hydrogen-bond donors (Lipinski definition) is 1. The summed E-state index contributed by atoms with van der Waals surface area (Å²) >= 11 is 0. The third-order valence-corrected chi connectivity index (χ3v) is 13.2. The Hall–Kier alpha value is -4.19. The Morgan fingerprint density at radius 3 is 2.55 bits per heavy atom. The Kier molecular flexibility index (Phi) is 8.79. The van der Waals surface area contributed by atoms with Gasteiger partial charge in [0.05, 0.1) is 48.8 Å². The van der Waals surface area contributed by atoms with Crippen LogP contribution in [-0.2, 0) is 31.3 Å². The van der Waals surface area contributed by atoms with Gasteiger partial charge in [-0.1, -0.05) is 67.6 Å². The molecule has 4 aliphatic heterocycles. The molecule has 256 valence electrons. The lowest BCUT2D eigenvalue weighted by Crippen LogP contribution is -2.45. The molecular weight excluding hydrogens is 640 g/mol. The third-order valence-electron chi connectivity index (χ3n) is 10.8. The standard InChI is InChI=1S/C38H43FN4O5Si/c1-25-36(49(2,3)39)33(22-35(46)41-20-10-15-29(41)24-44)48-38(25)30-16-7-8-17-32(30)42(37(38)47)23-26-11-9-14-28(21-26)43-34(45)19-18-31(40-43)27-12-5-4-6-13-27/h4-9,11-14,16-17,21,25,29,33,36,44H,10,15,18-20,22-24H2,1-3H3/t25-,29-,33+,36-,38+/m0/s1. The maximum Gasteiger partial charge on any atom is 0.264 e. The molecule has 1 spiro atoms. The first-order valence-corrected chi connectivity index (χ1v) is 20.2. The number of aliphatic hydroxyl groups excluding tert-OH is 1. The van der Waals surface area contributed by atoms with Gasteiger partial charge in [0.1, 0.15) is 0 Å². The van der Waals surface area contributed by atoms with Gasteiger partial charge in [0.2, 0.25) is 20.2 Å². The van der Waals surface area contributed by atoms with E-state index in [9.17, 15) is 19.5 Å². The molecular formula is C38H43FN4O5Si. The molecule has 0 bridgehead atoms. The Morgan fingerprint density at radius 2 is 1.80 bits per heavy atom. The summed E-state index contributed by atoms with van der Waals surface area (Å²) in [5.41, 5.74) is 2.54. The van der Waals surface area contributed by atoms with Crippen LogP contribution in [0.4, 0.5) is 15.5 Å². The Bertz CT molecular complexity index is 1800. The number of aliphatic hydroxyl groups is 1. The number of rotatable bonds is 8. The van der Waals surface area contributed by atoms with Gasteiger partial charge in [0.15, 0.2) is 5.60 Å². The number of hydrogen-bond acceptors (Lipinski definition) is 6. The molecule has 0 aliphatic carbocycles. The first-order chi connectivity index (χ1) is 23.5. The van der Waals surface area contributed by atoms with Gasteiger partial charge in [-0.05, 0) is 55.3 Å². The number of anilines is 2. The summed E-state index contributed by atoms with van der Waals surface area (Å²) in [6.45, 7) is 5.79. The highest BCUT2D eigenvalue weighted by molar-refractivity contribution is 6.72. The SMILES string of the molecule is C[C@H]1[C@H]([Si](C)(C)F)[C@@H](CC(=O)N2CCC[C@H]2CO)O[C@]12C(=O)N(Cc1cccc(N3N=C(c4ccccc4)CCC3=O)c1)c1ccccc12. The van der Waals surface area contributed by atoms with Crippen LogP contribution in [0.2, 0.25) is 18.6 Å². The van der Waals surface area contributed by atoms with Crippen LogP contribution >= 0.6 is 0 Å². The van der Waals surface area contributed by atoms with Crippen LogP contribution in [0.1, 0.15) is 55.7 Å². The van der Waals surface area contributed by atoms with Gasteiger partial charge in [-0.3, -0.25) is 14.4 Å². The normalized spacial score (nSPS) is 26.9. The van der Waals surface area contributed by atoms with Crippen molar-refractivity contribution in [1.29, 1.82) is 0 Å². The minimum Gasteiger partial charge on any atom is -0.394 e. The van der Waals surface area contributed by atoms with Gasteiger partial charge < -0.3 is 23.8 Å². The lowest BCUT2D eigenvalue weighted by molar-refractivity contribution is -0.150. The number of hydrazone groups is 1. The van der Waals surface area contributed by atoms with E-state index < -0.39 is 31.6 Å². The van der Waals surface area contributed by atoms with Crippen molar-refractivity contribution >= 4 is 43.2 Å². The largest absolute Gasteiger partial charge is 0.394 e. The zero-order chi connectivity index (χ0) is 34.5. The smallest absolute Gasteiger partial charge is 0.264 e. The van der Waals surface area contributed by atoms with Gasteiger partial charge in [-0.2, -0.15) is 5.10 Å². The van der Waals surface area contributed by atoms with Crippen LogP contribution in [0.25, 0.3) is 0 Å². The number of carbonyl (C=O) groups excluding carboxylic acids is 3. The second kappa shape index (κ2) is 12.9. The Balaban J connectivity index is 1.19. The first-order valence-electron chi connectivity index (χ1n) is 17.3. The van der Waals surface area contributed by atoms with E-state index in [4.69, 9.17) is 9.84 Å². The number of amides is 3. The van der Waals surface area contributed by atoms with E-state index in [-0.39, 0.29) is 43.3 Å². The van der Waals surface area contributed by atoms with E-state index in [1.165, 1.54) is 5.01 Å². The highest BCUT2D eigenvalue weighted by Crippen LogP contribution is 2.60. The van der Waals surface area contributed by atoms with E-state index >= 15 is 4.11 Å². The average Bonchev–Trinajstić information content (AvgIpc) is 3.76. The molecule has 0 aromatic heterocycles. The summed E-state index contributed by atoms with van der Waals surface area (Å²) in [5.74, 6) is -1.08. The maximum absolute atomic E-state index is 16.3. The minimum atomic E-state index is -3.45. The van der Waals surface area contributed by atoms with Crippen molar-refractivity contribution in [3.8, 4) is 0 Å². The van der Waals surface area contributed by atoms with Crippen LogP contribution in [-0.4, -0.2) is 67.1 Å². The summed E-state index contributed by atoms with van der Waals surface area (Å²) in [4.78, 5) is 44.8. The number of carbonyl (C=O) groups is 3. The van der Waals surface area contributed by atoms with E-state index in [1.807, 2.05) is 85.8 Å². The molecule has 4 aliphatic rings. The number of nitrogens with zero attached hydrogens (tertiary/aromatic N) is 4. The molecule has 9 nitrogen and oxygen atoms in total. The number of para-hydroxylation sites is 1. The van der Waals surface area contributed by atoms with Crippen LogP contribution in [0, 0.1) is 5.92 Å². The molecule has 0 saturated carbocycles. The van der Waals surface area contributed by atoms with Crippen LogP contribution < -0.4 is 9.91 Å². The van der Waals surface area contributed by atoms with E-state index in [2.05, 4.69) is 0 Å². The number of ether oxygens (including phenoxy) is 1. The first kappa shape index (κ1) is 33.3. The quantitative estimate of drug-likeness (QED) is 0.235. The zero-order valence-electron chi connectivity index (χ0n) is 28.2. The van der Waals surface area contributed by atoms with E-state index in [1.54, 1.807) is 22.9 Å². The number of benzene rings is 3. The molecule has 5 atom stereocenters. The molecule has 0 unspecified atom stereocenters. The average molecular weight is 683 g/mol. The van der Waals surface area contributed by atoms with Gasteiger partial charge in [0.25, 0.3) is 5.91 Å². The molecule has 2 fully saturated rings. The van der Waals surface area contributed by atoms with E-state index in [0.29, 0.717) is 36.3 Å². The number of fused-ring (bicyclic) bond motifs is 2.